The Bertz CT molecular complexity index is 1290. The predicted molar refractivity (Wildman–Crippen MR) is 112 cm³/mol. The van der Waals surface area contributed by atoms with Crippen molar-refractivity contribution in [1.29, 1.82) is 5.26 Å². The lowest BCUT2D eigenvalue weighted by Gasteiger charge is -2.09. The lowest BCUT2D eigenvalue weighted by molar-refractivity contribution is 0.368. The molecule has 29 heavy (non-hydrogen) atoms. The van der Waals surface area contributed by atoms with Crippen LogP contribution in [0, 0.1) is 11.3 Å². The second-order valence-corrected chi connectivity index (χ2v) is 6.20. The Labute approximate surface area is 167 Å². The first-order valence-electron chi connectivity index (χ1n) is 8.97. The van der Waals surface area contributed by atoms with Crippen molar-refractivity contribution in [2.24, 2.45) is 5.10 Å². The third kappa shape index (κ3) is 3.89. The summed E-state index contributed by atoms with van der Waals surface area (Å²) in [5.74, 6) is 1.02. The summed E-state index contributed by atoms with van der Waals surface area (Å²) in [5, 5.41) is 13.6. The SMILES string of the molecule is N#CCOc1cccc(C=Nn2c(-c3ccccc3)nc3ccccc3c2=O)c1. The molecule has 140 valence electrons. The van der Waals surface area contributed by atoms with Crippen molar-refractivity contribution in [3.63, 3.8) is 0 Å². The number of nitrogens with zero attached hydrogens (tertiary/aromatic N) is 4. The number of hydrogen-bond acceptors (Lipinski definition) is 5. The van der Waals surface area contributed by atoms with Gasteiger partial charge in [-0.25, -0.2) is 4.98 Å². The third-order valence-corrected chi connectivity index (χ3v) is 4.27. The number of nitriles is 1. The van der Waals surface area contributed by atoms with E-state index in [1.807, 2.05) is 54.6 Å². The minimum absolute atomic E-state index is 0.0349. The van der Waals surface area contributed by atoms with Crippen molar-refractivity contribution < 1.29 is 4.74 Å². The van der Waals surface area contributed by atoms with Gasteiger partial charge < -0.3 is 4.74 Å². The fourth-order valence-corrected chi connectivity index (χ4v) is 2.93. The van der Waals surface area contributed by atoms with Gasteiger partial charge in [-0.3, -0.25) is 4.79 Å². The summed E-state index contributed by atoms with van der Waals surface area (Å²) >= 11 is 0. The van der Waals surface area contributed by atoms with Gasteiger partial charge in [0.15, 0.2) is 12.4 Å². The minimum atomic E-state index is -0.248. The van der Waals surface area contributed by atoms with Crippen LogP contribution in [-0.2, 0) is 0 Å². The largest absolute Gasteiger partial charge is 0.479 e. The standard InChI is InChI=1S/C23H16N4O2/c24-13-14-29-19-10-6-7-17(15-19)16-25-27-22(18-8-2-1-3-9-18)26-21-12-5-4-11-20(21)23(27)28/h1-12,15-16H,14H2. The molecular weight excluding hydrogens is 364 g/mol. The van der Waals surface area contributed by atoms with Crippen molar-refractivity contribution in [3.8, 4) is 23.2 Å². The first kappa shape index (κ1) is 18.1. The Kier molecular flexibility index (Phi) is 5.12. The van der Waals surface area contributed by atoms with Crippen LogP contribution in [-0.4, -0.2) is 22.5 Å². The number of aromatic nitrogens is 2. The molecule has 1 heterocycles. The van der Waals surface area contributed by atoms with Crippen LogP contribution in [0.25, 0.3) is 22.3 Å². The van der Waals surface area contributed by atoms with E-state index in [0.29, 0.717) is 22.5 Å². The lowest BCUT2D eigenvalue weighted by atomic mass is 10.2. The highest BCUT2D eigenvalue weighted by Gasteiger charge is 2.11. The summed E-state index contributed by atoms with van der Waals surface area (Å²) < 4.78 is 6.62. The molecular formula is C23H16N4O2. The van der Waals surface area contributed by atoms with E-state index in [1.165, 1.54) is 4.68 Å². The number of benzene rings is 3. The zero-order chi connectivity index (χ0) is 20.1. The fourth-order valence-electron chi connectivity index (χ4n) is 2.93. The Morgan fingerprint density at radius 3 is 2.66 bits per heavy atom. The number of ether oxygens (including phenoxy) is 1. The van der Waals surface area contributed by atoms with Crippen LogP contribution in [0.3, 0.4) is 0 Å². The van der Waals surface area contributed by atoms with E-state index in [1.54, 1.807) is 36.5 Å². The molecule has 0 bridgehead atoms. The van der Waals surface area contributed by atoms with Crippen molar-refractivity contribution in [1.82, 2.24) is 9.66 Å². The molecule has 1 aromatic heterocycles. The van der Waals surface area contributed by atoms with Crippen molar-refractivity contribution in [3.05, 3.63) is 94.8 Å². The van der Waals surface area contributed by atoms with Gasteiger partial charge in [-0.1, -0.05) is 54.6 Å². The van der Waals surface area contributed by atoms with E-state index in [4.69, 9.17) is 10.00 Å². The normalized spacial score (nSPS) is 10.9. The quantitative estimate of drug-likeness (QED) is 0.493. The van der Waals surface area contributed by atoms with E-state index in [9.17, 15) is 4.79 Å². The molecule has 0 aliphatic rings. The summed E-state index contributed by atoms with van der Waals surface area (Å²) in [6, 6.07) is 25.7. The number of fused-ring (bicyclic) bond motifs is 1. The van der Waals surface area contributed by atoms with Crippen LogP contribution >= 0.6 is 0 Å². The van der Waals surface area contributed by atoms with Gasteiger partial charge in [-0.2, -0.15) is 15.0 Å². The molecule has 3 aromatic carbocycles. The van der Waals surface area contributed by atoms with Gasteiger partial charge in [0.1, 0.15) is 11.8 Å². The number of para-hydroxylation sites is 1. The molecule has 0 amide bonds. The molecule has 0 aliphatic heterocycles. The molecule has 4 rings (SSSR count). The smallest absolute Gasteiger partial charge is 0.282 e. The maximum absolute atomic E-state index is 13.1. The molecule has 0 unspecified atom stereocenters. The lowest BCUT2D eigenvalue weighted by Crippen LogP contribution is -2.20. The van der Waals surface area contributed by atoms with Gasteiger partial charge in [0.25, 0.3) is 5.56 Å². The van der Waals surface area contributed by atoms with Crippen LogP contribution in [0.2, 0.25) is 0 Å². The second kappa shape index (κ2) is 8.19. The summed E-state index contributed by atoms with van der Waals surface area (Å²) in [6.07, 6.45) is 1.57. The van der Waals surface area contributed by atoms with E-state index < -0.39 is 0 Å². The molecule has 6 heteroatoms. The Hall–Kier alpha value is -4.24. The summed E-state index contributed by atoms with van der Waals surface area (Å²) in [5.41, 5.74) is 1.90. The first-order valence-corrected chi connectivity index (χ1v) is 8.97. The monoisotopic (exact) mass is 380 g/mol. The molecule has 0 saturated carbocycles. The highest BCUT2D eigenvalue weighted by molar-refractivity contribution is 5.82. The minimum Gasteiger partial charge on any atom is -0.479 e. The Balaban J connectivity index is 1.83. The zero-order valence-corrected chi connectivity index (χ0v) is 15.4. The predicted octanol–water partition coefficient (Wildman–Crippen LogP) is 3.85. The van der Waals surface area contributed by atoms with Gasteiger partial charge in [-0.15, -0.1) is 0 Å². The molecule has 0 aliphatic carbocycles. The molecule has 0 radical (unpaired) electrons. The average molecular weight is 380 g/mol. The van der Waals surface area contributed by atoms with Gasteiger partial charge in [0, 0.05) is 5.56 Å². The van der Waals surface area contributed by atoms with E-state index in [0.717, 1.165) is 11.1 Å². The maximum Gasteiger partial charge on any atom is 0.282 e. The molecule has 0 spiro atoms. The topological polar surface area (TPSA) is 80.3 Å². The van der Waals surface area contributed by atoms with Crippen molar-refractivity contribution in [2.75, 3.05) is 6.61 Å². The highest BCUT2D eigenvalue weighted by atomic mass is 16.5. The molecule has 0 fully saturated rings. The van der Waals surface area contributed by atoms with Crippen LogP contribution < -0.4 is 10.3 Å². The molecule has 4 aromatic rings. The maximum atomic E-state index is 13.1. The van der Waals surface area contributed by atoms with E-state index in [-0.39, 0.29) is 12.2 Å². The fraction of sp³-hybridized carbons (Fsp3) is 0.0435. The molecule has 0 saturated heterocycles. The van der Waals surface area contributed by atoms with Crippen LogP contribution in [0.5, 0.6) is 5.75 Å². The molecule has 0 N–H and O–H groups in total. The Morgan fingerprint density at radius 1 is 1.03 bits per heavy atom. The summed E-state index contributed by atoms with van der Waals surface area (Å²) in [7, 11) is 0. The van der Waals surface area contributed by atoms with Gasteiger partial charge in [-0.05, 0) is 29.8 Å². The van der Waals surface area contributed by atoms with Crippen LogP contribution in [0.4, 0.5) is 0 Å². The summed E-state index contributed by atoms with van der Waals surface area (Å²) in [6.45, 7) is -0.0349. The summed E-state index contributed by atoms with van der Waals surface area (Å²) in [4.78, 5) is 17.8. The Morgan fingerprint density at radius 2 is 1.83 bits per heavy atom. The highest BCUT2D eigenvalue weighted by Crippen LogP contribution is 2.19. The first-order chi connectivity index (χ1) is 14.3. The van der Waals surface area contributed by atoms with Gasteiger partial charge in [0.2, 0.25) is 0 Å². The van der Waals surface area contributed by atoms with Gasteiger partial charge >= 0.3 is 0 Å². The number of hydrogen-bond donors (Lipinski definition) is 0. The third-order valence-electron chi connectivity index (χ3n) is 4.27. The molecule has 0 atom stereocenters. The van der Waals surface area contributed by atoms with Crippen LogP contribution in [0.15, 0.2) is 88.8 Å². The van der Waals surface area contributed by atoms with E-state index >= 15 is 0 Å². The average Bonchev–Trinajstić information content (AvgIpc) is 2.78. The van der Waals surface area contributed by atoms with Crippen molar-refractivity contribution >= 4 is 17.1 Å². The van der Waals surface area contributed by atoms with Crippen molar-refractivity contribution in [2.45, 2.75) is 0 Å². The number of rotatable bonds is 5. The van der Waals surface area contributed by atoms with Gasteiger partial charge in [0.05, 0.1) is 17.1 Å². The molecule has 6 nitrogen and oxygen atoms in total. The van der Waals surface area contributed by atoms with Crippen LogP contribution in [0.1, 0.15) is 5.56 Å². The zero-order valence-electron chi connectivity index (χ0n) is 15.4. The second-order valence-electron chi connectivity index (χ2n) is 6.20. The van der Waals surface area contributed by atoms with E-state index in [2.05, 4.69) is 10.1 Å².